The fourth-order valence-electron chi connectivity index (χ4n) is 14.6. The minimum absolute atomic E-state index is 0. The Morgan fingerprint density at radius 2 is 1.10 bits per heavy atom. The van der Waals surface area contributed by atoms with Crippen LogP contribution in [-0.4, -0.2) is 95.8 Å². The van der Waals surface area contributed by atoms with Crippen LogP contribution in [-0.2, 0) is 10.8 Å². The third kappa shape index (κ3) is 3.82. The van der Waals surface area contributed by atoms with E-state index in [1.165, 1.54) is 33.6 Å². The van der Waals surface area contributed by atoms with Crippen molar-refractivity contribution in [3.05, 3.63) is 132 Å². The van der Waals surface area contributed by atoms with Crippen LogP contribution in [0.25, 0.3) is 0 Å². The van der Waals surface area contributed by atoms with Gasteiger partial charge in [0.25, 0.3) is 0 Å². The Kier molecular flexibility index (Phi) is 7.80. The highest BCUT2D eigenvalue weighted by molar-refractivity contribution is 5.77. The van der Waals surface area contributed by atoms with Gasteiger partial charge < -0.3 is 53.8 Å². The fourth-order valence-corrected chi connectivity index (χ4v) is 14.6. The Hall–Kier alpha value is -3.10. The molecule has 4 bridgehead atoms. The first-order valence-corrected chi connectivity index (χ1v) is 19.2. The van der Waals surface area contributed by atoms with Crippen LogP contribution in [0.5, 0.6) is 0 Å². The average Bonchev–Trinajstić information content (AvgIpc) is 3.81. The summed E-state index contributed by atoms with van der Waals surface area (Å²) < 4.78 is 2.12. The second-order valence-electron chi connectivity index (χ2n) is 17.2. The molecule has 2 aliphatic carbocycles. The number of benzene rings is 2. The molecule has 7 heterocycles. The molecule has 0 aromatic heterocycles. The van der Waals surface area contributed by atoms with E-state index in [9.17, 15) is 10.2 Å². The summed E-state index contributed by atoms with van der Waals surface area (Å²) >= 11 is 0. The van der Waals surface area contributed by atoms with Crippen LogP contribution >= 0.6 is 0 Å². The smallest absolute Gasteiger partial charge is 0.103 e. The monoisotopic (exact) mass is 736 g/mol. The van der Waals surface area contributed by atoms with Crippen molar-refractivity contribution in [3.63, 3.8) is 0 Å². The molecule has 2 N–H and O–H groups in total. The van der Waals surface area contributed by atoms with E-state index in [0.29, 0.717) is 23.9 Å². The van der Waals surface area contributed by atoms with Crippen molar-refractivity contribution in [2.24, 2.45) is 11.8 Å². The fraction of sp³-hybridized carbons (Fsp3) is 0.455. The minimum atomic E-state index is 0. The molecule has 0 unspecified atom stereocenters. The third-order valence-corrected chi connectivity index (χ3v) is 15.9. The lowest BCUT2D eigenvalue weighted by Gasteiger charge is -2.59. The Labute approximate surface area is 320 Å². The van der Waals surface area contributed by atoms with E-state index in [4.69, 9.17) is 0 Å². The van der Waals surface area contributed by atoms with Gasteiger partial charge in [-0.3, -0.25) is 0 Å². The maximum Gasteiger partial charge on any atom is 0.103 e. The summed E-state index contributed by atoms with van der Waals surface area (Å²) in [7, 11) is 0. The lowest BCUT2D eigenvalue weighted by Crippen LogP contribution is -3.00. The number of hydrogen-bond donors (Lipinski definition) is 2. The number of aliphatic hydroxyl groups is 2. The minimum Gasteiger partial charge on any atom is -1.00 e. The van der Waals surface area contributed by atoms with Gasteiger partial charge in [-0.25, -0.2) is 0 Å². The van der Waals surface area contributed by atoms with Crippen LogP contribution in [0.15, 0.2) is 121 Å². The number of hydrogen-bond acceptors (Lipinski definition) is 4. The highest BCUT2D eigenvalue weighted by atomic mass is 35.5. The molecule has 10 atom stereocenters. The zero-order valence-electron chi connectivity index (χ0n) is 29.9. The van der Waals surface area contributed by atoms with Gasteiger partial charge in [0.15, 0.2) is 0 Å². The maximum absolute atomic E-state index is 10.5. The molecule has 8 heteroatoms. The zero-order valence-corrected chi connectivity index (χ0v) is 31.4. The molecule has 0 amide bonds. The van der Waals surface area contributed by atoms with Gasteiger partial charge in [-0.15, -0.1) is 0 Å². The molecule has 7 aliphatic heterocycles. The Morgan fingerprint density at radius 3 is 1.50 bits per heavy atom. The van der Waals surface area contributed by atoms with E-state index in [-0.39, 0.29) is 60.9 Å². The number of anilines is 2. The molecule has 6 nitrogen and oxygen atoms in total. The molecule has 2 spiro atoms. The molecule has 2 saturated carbocycles. The summed E-state index contributed by atoms with van der Waals surface area (Å²) in [5.41, 5.74) is 11.8. The van der Waals surface area contributed by atoms with Crippen molar-refractivity contribution in [3.8, 4) is 0 Å². The van der Waals surface area contributed by atoms with Crippen LogP contribution in [0, 0.1) is 11.8 Å². The number of nitrogens with zero attached hydrogens (tertiary/aromatic N) is 4. The van der Waals surface area contributed by atoms with Crippen molar-refractivity contribution in [2.45, 2.75) is 60.7 Å². The van der Waals surface area contributed by atoms with Crippen LogP contribution in [0.1, 0.15) is 36.8 Å². The van der Waals surface area contributed by atoms with E-state index in [1.807, 2.05) is 0 Å². The number of rotatable bonds is 6. The molecular weight excluding hydrogens is 687 g/mol. The van der Waals surface area contributed by atoms with Crippen LogP contribution in [0.4, 0.5) is 11.4 Å². The van der Waals surface area contributed by atoms with Crippen LogP contribution in [0.3, 0.4) is 0 Å². The number of aliphatic hydroxyl groups excluding tert-OH is 2. The lowest BCUT2D eigenvalue weighted by atomic mass is 9.56. The SMILES string of the molecule is C=CC[N@@+]12CC[C@@]34c5ccccc5N5/C=C6/[C@H]7C[C@H]8[C@@]9(CC[N@@+]8(CC=C)C/C7=C/CO)c7ccccc7N(/C=C(/[C@@H](C[C@@H]31)/C(=C\CO)C2)[C@H]54)[C@@H]69.[Cl-].[Cl-]. The molecule has 0 radical (unpaired) electrons. The molecule has 2 aromatic rings. The number of fused-ring (bicyclic) bond motifs is 8. The Bertz CT molecular complexity index is 1860. The molecule has 52 heavy (non-hydrogen) atoms. The van der Waals surface area contributed by atoms with Crippen molar-refractivity contribution in [2.75, 3.05) is 62.3 Å². The summed E-state index contributed by atoms with van der Waals surface area (Å²) in [6.45, 7) is 15.0. The van der Waals surface area contributed by atoms with Gasteiger partial charge in [0, 0.05) is 61.3 Å². The Balaban J connectivity index is 0.00000180. The van der Waals surface area contributed by atoms with Gasteiger partial charge in [0.1, 0.15) is 25.2 Å². The molecule has 11 rings (SSSR count). The summed E-state index contributed by atoms with van der Waals surface area (Å²) in [6, 6.07) is 20.3. The van der Waals surface area contributed by atoms with Crippen molar-refractivity contribution < 1.29 is 44.0 Å². The predicted molar refractivity (Wildman–Crippen MR) is 198 cm³/mol. The second kappa shape index (κ2) is 11.7. The summed E-state index contributed by atoms with van der Waals surface area (Å²) in [4.78, 5) is 5.54. The maximum atomic E-state index is 10.5. The van der Waals surface area contributed by atoms with Gasteiger partial charge in [0.05, 0.1) is 62.3 Å². The van der Waals surface area contributed by atoms with E-state index in [0.717, 1.165) is 73.9 Å². The number of piperidine rings is 2. The summed E-state index contributed by atoms with van der Waals surface area (Å²) in [6.07, 6.45) is 18.6. The molecule has 4 saturated heterocycles. The molecule has 6 fully saturated rings. The number of para-hydroxylation sites is 2. The first-order chi connectivity index (χ1) is 24.5. The standard InChI is InChI=1S/C44H50N4O2.2ClH/c1-3-17-47-19-15-43-35-9-5-7-11-37(35)45-26-34-32-24-40-44(16-20-48(40,18-4-2)28-30(32)14-22-50)36-10-6-8-12-38(36)46(42(34)44)25-33(41(43)45)31(23-39(43)47)29(27-47)13-21-49;;/h3-14,25-26,31-32,39-42,49-50H,1-2,15-24,27-28H2;2*1H/q+2;;/p-2/b29-13-,30-14-,33-25-,34-26-;;/t31-,32-,39-,40-,41-,42-,43+,44+,47-,48-;;/m0../s1. The molecular formula is C44H50Cl2N4O2. The van der Waals surface area contributed by atoms with Crippen molar-refractivity contribution in [1.82, 2.24) is 0 Å². The average molecular weight is 738 g/mol. The molecule has 2 aromatic carbocycles. The van der Waals surface area contributed by atoms with Gasteiger partial charge >= 0.3 is 0 Å². The zero-order chi connectivity index (χ0) is 33.6. The number of halogens is 2. The number of quaternary nitrogens is 2. The topological polar surface area (TPSA) is 46.9 Å². The first-order valence-electron chi connectivity index (χ1n) is 19.2. The highest BCUT2D eigenvalue weighted by Gasteiger charge is 2.75. The van der Waals surface area contributed by atoms with E-state index in [1.54, 1.807) is 11.1 Å². The molecule has 272 valence electrons. The normalized spacial score (nSPS) is 43.7. The van der Waals surface area contributed by atoms with Crippen LogP contribution in [0.2, 0.25) is 0 Å². The predicted octanol–water partition coefficient (Wildman–Crippen LogP) is -0.516. The van der Waals surface area contributed by atoms with Gasteiger partial charge in [0.2, 0.25) is 0 Å². The van der Waals surface area contributed by atoms with Gasteiger partial charge in [-0.1, -0.05) is 61.7 Å². The van der Waals surface area contributed by atoms with Crippen LogP contribution < -0.4 is 34.6 Å². The van der Waals surface area contributed by atoms with Gasteiger partial charge in [-0.05, 0) is 57.7 Å². The van der Waals surface area contributed by atoms with Gasteiger partial charge in [-0.2, -0.15) is 0 Å². The lowest BCUT2D eigenvalue weighted by molar-refractivity contribution is -0.937. The first kappa shape index (κ1) is 34.7. The Morgan fingerprint density at radius 1 is 0.673 bits per heavy atom. The van der Waals surface area contributed by atoms with Crippen molar-refractivity contribution >= 4 is 11.4 Å². The van der Waals surface area contributed by atoms with Crippen molar-refractivity contribution in [1.29, 1.82) is 0 Å². The third-order valence-electron chi connectivity index (χ3n) is 15.9. The summed E-state index contributed by atoms with van der Waals surface area (Å²) in [5, 5.41) is 20.9. The highest BCUT2D eigenvalue weighted by Crippen LogP contribution is 2.69. The molecule has 9 aliphatic rings. The largest absolute Gasteiger partial charge is 1.00 e. The second-order valence-corrected chi connectivity index (χ2v) is 17.2. The van der Waals surface area contributed by atoms with E-state index in [2.05, 4.69) is 108 Å². The quantitative estimate of drug-likeness (QED) is 0.310. The van der Waals surface area contributed by atoms with E-state index < -0.39 is 0 Å². The summed E-state index contributed by atoms with van der Waals surface area (Å²) in [5.74, 6) is 0.615. The van der Waals surface area contributed by atoms with E-state index >= 15 is 0 Å².